The highest BCUT2D eigenvalue weighted by Crippen LogP contribution is 2.12. The molecule has 0 aliphatic heterocycles. The second-order valence-electron chi connectivity index (χ2n) is 3.98. The van der Waals surface area contributed by atoms with Crippen molar-refractivity contribution in [2.75, 3.05) is 0 Å². The Morgan fingerprint density at radius 1 is 0.688 bits per heavy atom. The van der Waals surface area contributed by atoms with E-state index in [2.05, 4.69) is 6.07 Å². The van der Waals surface area contributed by atoms with Gasteiger partial charge in [0.25, 0.3) is 0 Å². The zero-order valence-corrected chi connectivity index (χ0v) is 9.78. The van der Waals surface area contributed by atoms with Crippen molar-refractivity contribution in [1.29, 1.82) is 15.8 Å². The summed E-state index contributed by atoms with van der Waals surface area (Å²) >= 11 is 0. The van der Waals surface area contributed by atoms with Gasteiger partial charge >= 0.3 is 0 Å². The van der Waals surface area contributed by atoms with Gasteiger partial charge in [0.1, 0.15) is 5.92 Å². The fourth-order valence-electron chi connectivity index (χ4n) is 1.59. The van der Waals surface area contributed by atoms with E-state index in [0.717, 1.165) is 25.7 Å². The number of hydrogen-bond donors (Lipinski definition) is 0. The van der Waals surface area contributed by atoms with Crippen molar-refractivity contribution in [3.05, 3.63) is 0 Å². The van der Waals surface area contributed by atoms with Crippen LogP contribution in [-0.4, -0.2) is 0 Å². The highest BCUT2D eigenvalue weighted by Gasteiger charge is 2.03. The fourth-order valence-corrected chi connectivity index (χ4v) is 1.59. The molecule has 3 nitrogen and oxygen atoms in total. The van der Waals surface area contributed by atoms with Crippen LogP contribution in [0.2, 0.25) is 0 Å². The molecule has 0 aliphatic carbocycles. The third-order valence-corrected chi connectivity index (χ3v) is 2.59. The van der Waals surface area contributed by atoms with Crippen molar-refractivity contribution in [1.82, 2.24) is 0 Å². The molecule has 0 amide bonds. The predicted octanol–water partition coefficient (Wildman–Crippen LogP) is 3.68. The maximum absolute atomic E-state index is 8.55. The third kappa shape index (κ3) is 9.04. The van der Waals surface area contributed by atoms with E-state index in [0.29, 0.717) is 12.8 Å². The largest absolute Gasteiger partial charge is 0.198 e. The van der Waals surface area contributed by atoms with Gasteiger partial charge in [0.15, 0.2) is 0 Å². The summed E-state index contributed by atoms with van der Waals surface area (Å²) < 4.78 is 0. The zero-order valence-electron chi connectivity index (χ0n) is 9.78. The fraction of sp³-hybridized carbons (Fsp3) is 0.769. The first-order valence-corrected chi connectivity index (χ1v) is 6.01. The Balaban J connectivity index is 3.14. The van der Waals surface area contributed by atoms with E-state index in [-0.39, 0.29) is 0 Å². The molecule has 0 atom stereocenters. The SMILES string of the molecule is N#CCCCCCCCCCC(C#N)C#N. The Hall–Kier alpha value is -1.53. The maximum atomic E-state index is 8.55. The lowest BCUT2D eigenvalue weighted by molar-refractivity contribution is 0.556. The van der Waals surface area contributed by atoms with Crippen molar-refractivity contribution in [3.63, 3.8) is 0 Å². The normalized spacial score (nSPS) is 9.38. The van der Waals surface area contributed by atoms with Crippen LogP contribution in [0, 0.1) is 39.9 Å². The molecule has 86 valence electrons. The molecule has 0 aromatic rings. The molecule has 0 radical (unpaired) electrons. The number of hydrogen-bond acceptors (Lipinski definition) is 3. The van der Waals surface area contributed by atoms with Crippen LogP contribution in [0.1, 0.15) is 57.8 Å². The van der Waals surface area contributed by atoms with Gasteiger partial charge in [0.2, 0.25) is 0 Å². The molecule has 0 spiro atoms. The molecule has 0 unspecified atom stereocenters. The summed E-state index contributed by atoms with van der Waals surface area (Å²) in [5, 5.41) is 25.4. The van der Waals surface area contributed by atoms with Crippen LogP contribution >= 0.6 is 0 Å². The van der Waals surface area contributed by atoms with Gasteiger partial charge in [-0.25, -0.2) is 0 Å². The second-order valence-corrected chi connectivity index (χ2v) is 3.98. The highest BCUT2D eigenvalue weighted by atomic mass is 14.3. The van der Waals surface area contributed by atoms with Crippen LogP contribution in [0.5, 0.6) is 0 Å². The van der Waals surface area contributed by atoms with Gasteiger partial charge in [-0.2, -0.15) is 15.8 Å². The van der Waals surface area contributed by atoms with Crippen molar-refractivity contribution in [3.8, 4) is 18.2 Å². The first kappa shape index (κ1) is 14.5. The summed E-state index contributed by atoms with van der Waals surface area (Å²) in [6, 6.07) is 6.11. The maximum Gasteiger partial charge on any atom is 0.133 e. The van der Waals surface area contributed by atoms with Crippen LogP contribution in [-0.2, 0) is 0 Å². The third-order valence-electron chi connectivity index (χ3n) is 2.59. The van der Waals surface area contributed by atoms with E-state index in [4.69, 9.17) is 15.8 Å². The quantitative estimate of drug-likeness (QED) is 0.553. The summed E-state index contributed by atoms with van der Waals surface area (Å²) in [6.45, 7) is 0. The van der Waals surface area contributed by atoms with Gasteiger partial charge in [-0.15, -0.1) is 0 Å². The molecular formula is C13H19N3. The molecule has 0 aromatic heterocycles. The molecule has 0 saturated carbocycles. The Kier molecular flexibility index (Phi) is 10.4. The molecule has 0 aromatic carbocycles. The van der Waals surface area contributed by atoms with Gasteiger partial charge in [0.05, 0.1) is 18.2 Å². The average Bonchev–Trinajstić information content (AvgIpc) is 2.32. The molecule has 0 saturated heterocycles. The first-order chi connectivity index (χ1) is 7.85. The van der Waals surface area contributed by atoms with Crippen LogP contribution in [0.3, 0.4) is 0 Å². The second kappa shape index (κ2) is 11.5. The molecule has 0 fully saturated rings. The van der Waals surface area contributed by atoms with Crippen molar-refractivity contribution >= 4 is 0 Å². The van der Waals surface area contributed by atoms with E-state index in [1.807, 2.05) is 12.1 Å². The molecule has 0 aliphatic rings. The van der Waals surface area contributed by atoms with E-state index >= 15 is 0 Å². The standard InChI is InChI=1S/C13H19N3/c14-10-8-6-4-2-1-3-5-7-9-13(11-15)12-16/h13H,1-9H2. The minimum atomic E-state index is -0.421. The van der Waals surface area contributed by atoms with Gasteiger partial charge in [-0.1, -0.05) is 38.5 Å². The lowest BCUT2D eigenvalue weighted by Gasteiger charge is -2.01. The Labute approximate surface area is 98.3 Å². The zero-order chi connectivity index (χ0) is 12.1. The Morgan fingerprint density at radius 2 is 1.19 bits per heavy atom. The highest BCUT2D eigenvalue weighted by molar-refractivity contribution is 4.98. The average molecular weight is 217 g/mol. The van der Waals surface area contributed by atoms with Crippen molar-refractivity contribution in [2.24, 2.45) is 5.92 Å². The summed E-state index contributed by atoms with van der Waals surface area (Å²) in [5.74, 6) is -0.421. The molecule has 0 N–H and O–H groups in total. The van der Waals surface area contributed by atoms with Gasteiger partial charge in [-0.3, -0.25) is 0 Å². The molecule has 3 heteroatoms. The van der Waals surface area contributed by atoms with Gasteiger partial charge in [0, 0.05) is 6.42 Å². The lowest BCUT2D eigenvalue weighted by Crippen LogP contribution is -1.92. The molecule has 16 heavy (non-hydrogen) atoms. The summed E-state index contributed by atoms with van der Waals surface area (Å²) in [4.78, 5) is 0. The molecule has 0 heterocycles. The molecule has 0 rings (SSSR count). The summed E-state index contributed by atoms with van der Waals surface area (Å²) in [5.41, 5.74) is 0. The summed E-state index contributed by atoms with van der Waals surface area (Å²) in [7, 11) is 0. The first-order valence-electron chi connectivity index (χ1n) is 6.01. The molecule has 0 bridgehead atoms. The van der Waals surface area contributed by atoms with E-state index in [9.17, 15) is 0 Å². The Morgan fingerprint density at radius 3 is 1.69 bits per heavy atom. The van der Waals surface area contributed by atoms with E-state index in [1.54, 1.807) is 0 Å². The van der Waals surface area contributed by atoms with Crippen LogP contribution in [0.15, 0.2) is 0 Å². The van der Waals surface area contributed by atoms with Crippen LogP contribution < -0.4 is 0 Å². The number of nitriles is 3. The van der Waals surface area contributed by atoms with Crippen LogP contribution in [0.25, 0.3) is 0 Å². The number of nitrogens with zero attached hydrogens (tertiary/aromatic N) is 3. The van der Waals surface area contributed by atoms with Gasteiger partial charge < -0.3 is 0 Å². The monoisotopic (exact) mass is 217 g/mol. The minimum absolute atomic E-state index is 0.421. The van der Waals surface area contributed by atoms with Crippen molar-refractivity contribution in [2.45, 2.75) is 57.8 Å². The predicted molar refractivity (Wildman–Crippen MR) is 61.9 cm³/mol. The molecular weight excluding hydrogens is 198 g/mol. The van der Waals surface area contributed by atoms with E-state index in [1.165, 1.54) is 19.3 Å². The topological polar surface area (TPSA) is 71.4 Å². The number of unbranched alkanes of at least 4 members (excludes halogenated alkanes) is 7. The Bertz CT molecular complexity index is 263. The van der Waals surface area contributed by atoms with Crippen molar-refractivity contribution < 1.29 is 0 Å². The van der Waals surface area contributed by atoms with Crippen LogP contribution in [0.4, 0.5) is 0 Å². The summed E-state index contributed by atoms with van der Waals surface area (Å²) in [6.07, 6.45) is 9.20. The minimum Gasteiger partial charge on any atom is -0.198 e. The smallest absolute Gasteiger partial charge is 0.133 e. The van der Waals surface area contributed by atoms with Gasteiger partial charge in [-0.05, 0) is 12.8 Å². The number of rotatable bonds is 9. The lowest BCUT2D eigenvalue weighted by atomic mass is 10.0. The van der Waals surface area contributed by atoms with E-state index < -0.39 is 5.92 Å².